The fourth-order valence-electron chi connectivity index (χ4n) is 4.79. The number of aryl methyl sites for hydroxylation is 1. The molecule has 32 heavy (non-hydrogen) atoms. The molecule has 2 aliphatic rings. The first-order chi connectivity index (χ1) is 15.7. The number of carbonyl (C=O) groups excluding carboxylic acids is 1. The zero-order valence-corrected chi connectivity index (χ0v) is 18.9. The number of imidazole rings is 1. The lowest BCUT2D eigenvalue weighted by molar-refractivity contribution is -0.133. The quantitative estimate of drug-likeness (QED) is 0.618. The van der Waals surface area contributed by atoms with E-state index in [1.165, 1.54) is 11.2 Å². The van der Waals surface area contributed by atoms with Crippen molar-refractivity contribution in [3.63, 3.8) is 0 Å². The molecule has 7 nitrogen and oxygen atoms in total. The van der Waals surface area contributed by atoms with Gasteiger partial charge in [0.25, 0.3) is 0 Å². The first kappa shape index (κ1) is 21.0. The van der Waals surface area contributed by atoms with Crippen LogP contribution in [0.2, 0.25) is 0 Å². The van der Waals surface area contributed by atoms with Crippen molar-refractivity contribution in [2.75, 3.05) is 63.8 Å². The second-order valence-corrected chi connectivity index (χ2v) is 8.83. The van der Waals surface area contributed by atoms with Crippen molar-refractivity contribution in [3.8, 4) is 0 Å². The van der Waals surface area contributed by atoms with Crippen LogP contribution in [0.4, 0.5) is 5.69 Å². The van der Waals surface area contributed by atoms with Gasteiger partial charge in [-0.25, -0.2) is 4.98 Å². The van der Waals surface area contributed by atoms with Gasteiger partial charge in [0.15, 0.2) is 0 Å². The molecule has 0 radical (unpaired) electrons. The molecule has 0 bridgehead atoms. The van der Waals surface area contributed by atoms with Gasteiger partial charge in [0, 0.05) is 65.1 Å². The van der Waals surface area contributed by atoms with Crippen LogP contribution >= 0.6 is 0 Å². The molecule has 2 aromatic carbocycles. The van der Waals surface area contributed by atoms with Crippen molar-refractivity contribution in [3.05, 3.63) is 60.4 Å². The zero-order valence-electron chi connectivity index (χ0n) is 18.9. The highest BCUT2D eigenvalue weighted by molar-refractivity contribution is 5.78. The Morgan fingerprint density at radius 2 is 1.47 bits per heavy atom. The number of hydrogen-bond donors (Lipinski definition) is 0. The Labute approximate surface area is 189 Å². The zero-order chi connectivity index (χ0) is 21.9. The molecule has 2 fully saturated rings. The molecule has 0 spiro atoms. The molecule has 5 rings (SSSR count). The third kappa shape index (κ3) is 4.49. The lowest BCUT2D eigenvalue weighted by Gasteiger charge is -2.38. The minimum atomic E-state index is 0.265. The Morgan fingerprint density at radius 1 is 0.812 bits per heavy atom. The number of fused-ring (bicyclic) bond motifs is 1. The highest BCUT2D eigenvalue weighted by Crippen LogP contribution is 2.17. The molecular formula is C25H32N6O. The van der Waals surface area contributed by atoms with E-state index in [0.29, 0.717) is 6.54 Å². The molecule has 0 N–H and O–H groups in total. The maximum atomic E-state index is 12.9. The number of piperazine rings is 2. The summed E-state index contributed by atoms with van der Waals surface area (Å²) in [6, 6.07) is 18.8. The third-order valence-corrected chi connectivity index (χ3v) is 6.82. The number of nitrogens with zero attached hydrogens (tertiary/aromatic N) is 6. The Kier molecular flexibility index (Phi) is 6.10. The second kappa shape index (κ2) is 9.30. The summed E-state index contributed by atoms with van der Waals surface area (Å²) in [5, 5.41) is 0. The predicted octanol–water partition coefficient (Wildman–Crippen LogP) is 2.04. The minimum Gasteiger partial charge on any atom is -0.368 e. The summed E-state index contributed by atoms with van der Waals surface area (Å²) >= 11 is 0. The van der Waals surface area contributed by atoms with Crippen molar-refractivity contribution in [2.24, 2.45) is 7.05 Å². The minimum absolute atomic E-state index is 0.265. The molecule has 168 valence electrons. The lowest BCUT2D eigenvalue weighted by Crippen LogP contribution is -2.53. The fraction of sp³-hybridized carbons (Fsp3) is 0.440. The Hall–Kier alpha value is -2.90. The maximum absolute atomic E-state index is 12.9. The van der Waals surface area contributed by atoms with Gasteiger partial charge < -0.3 is 14.4 Å². The Morgan fingerprint density at radius 3 is 2.19 bits per heavy atom. The van der Waals surface area contributed by atoms with E-state index >= 15 is 0 Å². The van der Waals surface area contributed by atoms with Crippen LogP contribution in [0.15, 0.2) is 54.6 Å². The Bertz CT molecular complexity index is 1050. The van der Waals surface area contributed by atoms with Gasteiger partial charge in [0.05, 0.1) is 24.1 Å². The monoisotopic (exact) mass is 432 g/mol. The maximum Gasteiger partial charge on any atom is 0.236 e. The predicted molar refractivity (Wildman–Crippen MR) is 128 cm³/mol. The van der Waals surface area contributed by atoms with Crippen molar-refractivity contribution in [1.29, 1.82) is 0 Å². The molecule has 0 aliphatic carbocycles. The molecule has 3 aromatic rings. The van der Waals surface area contributed by atoms with E-state index < -0.39 is 0 Å². The van der Waals surface area contributed by atoms with Crippen LogP contribution in [0, 0.1) is 0 Å². The van der Waals surface area contributed by atoms with Crippen LogP contribution in [0.25, 0.3) is 11.0 Å². The fourth-order valence-corrected chi connectivity index (χ4v) is 4.79. The van der Waals surface area contributed by atoms with Crippen molar-refractivity contribution in [2.45, 2.75) is 6.54 Å². The van der Waals surface area contributed by atoms with E-state index in [4.69, 9.17) is 4.98 Å². The summed E-state index contributed by atoms with van der Waals surface area (Å²) in [6.45, 7) is 8.61. The highest BCUT2D eigenvalue weighted by atomic mass is 16.2. The van der Waals surface area contributed by atoms with Crippen LogP contribution in [0.3, 0.4) is 0 Å². The topological polar surface area (TPSA) is 47.9 Å². The number of hydrogen-bond acceptors (Lipinski definition) is 5. The summed E-state index contributed by atoms with van der Waals surface area (Å²) in [4.78, 5) is 26.8. The summed E-state index contributed by atoms with van der Waals surface area (Å²) in [5.74, 6) is 1.37. The van der Waals surface area contributed by atoms with E-state index in [2.05, 4.69) is 68.8 Å². The van der Waals surface area contributed by atoms with Crippen molar-refractivity contribution >= 4 is 22.6 Å². The second-order valence-electron chi connectivity index (χ2n) is 8.83. The standard InChI is InChI=1S/C25H32N6O/c1-27-23-10-6-5-9-22(23)26-24(27)19-28-11-13-29(14-12-28)20-25(32)31-17-15-30(16-18-31)21-7-3-2-4-8-21/h2-10H,11-20H2,1H3. The van der Waals surface area contributed by atoms with Crippen LogP contribution in [-0.2, 0) is 18.4 Å². The molecule has 7 heteroatoms. The van der Waals surface area contributed by atoms with Gasteiger partial charge in [0.2, 0.25) is 5.91 Å². The molecule has 0 saturated carbocycles. The van der Waals surface area contributed by atoms with Gasteiger partial charge in [-0.05, 0) is 24.3 Å². The van der Waals surface area contributed by atoms with Crippen LogP contribution < -0.4 is 4.90 Å². The third-order valence-electron chi connectivity index (χ3n) is 6.82. The molecule has 1 aromatic heterocycles. The van der Waals surface area contributed by atoms with Crippen LogP contribution in [-0.4, -0.2) is 89.1 Å². The highest BCUT2D eigenvalue weighted by Gasteiger charge is 2.25. The Balaban J connectivity index is 1.08. The molecule has 3 heterocycles. The van der Waals surface area contributed by atoms with Crippen LogP contribution in [0.5, 0.6) is 0 Å². The summed E-state index contributed by atoms with van der Waals surface area (Å²) in [5.41, 5.74) is 3.48. The smallest absolute Gasteiger partial charge is 0.236 e. The first-order valence-electron chi connectivity index (χ1n) is 11.6. The van der Waals surface area contributed by atoms with E-state index in [9.17, 15) is 4.79 Å². The van der Waals surface area contributed by atoms with E-state index in [1.54, 1.807) is 0 Å². The molecule has 0 atom stereocenters. The molecule has 2 saturated heterocycles. The summed E-state index contributed by atoms with van der Waals surface area (Å²) in [7, 11) is 2.09. The normalized spacial score (nSPS) is 18.4. The average Bonchev–Trinajstić information content (AvgIpc) is 3.16. The van der Waals surface area contributed by atoms with Gasteiger partial charge in [-0.15, -0.1) is 0 Å². The van der Waals surface area contributed by atoms with Crippen molar-refractivity contribution in [1.82, 2.24) is 24.3 Å². The number of amides is 1. The van der Waals surface area contributed by atoms with Gasteiger partial charge in [-0.3, -0.25) is 14.6 Å². The average molecular weight is 433 g/mol. The van der Waals surface area contributed by atoms with Gasteiger partial charge in [-0.2, -0.15) is 0 Å². The van der Waals surface area contributed by atoms with E-state index in [0.717, 1.165) is 70.2 Å². The largest absolute Gasteiger partial charge is 0.368 e. The molecule has 0 unspecified atom stereocenters. The van der Waals surface area contributed by atoms with Gasteiger partial charge in [0.1, 0.15) is 5.82 Å². The molecular weight excluding hydrogens is 400 g/mol. The summed E-state index contributed by atoms with van der Waals surface area (Å²) < 4.78 is 2.19. The van der Waals surface area contributed by atoms with E-state index in [-0.39, 0.29) is 5.91 Å². The van der Waals surface area contributed by atoms with E-state index in [1.807, 2.05) is 17.0 Å². The lowest BCUT2D eigenvalue weighted by atomic mass is 10.2. The van der Waals surface area contributed by atoms with Crippen LogP contribution in [0.1, 0.15) is 5.82 Å². The number of para-hydroxylation sites is 3. The van der Waals surface area contributed by atoms with Crippen molar-refractivity contribution < 1.29 is 4.79 Å². The number of carbonyl (C=O) groups is 1. The number of rotatable bonds is 5. The SMILES string of the molecule is Cn1c(CN2CCN(CC(=O)N3CCN(c4ccccc4)CC3)CC2)nc2ccccc21. The molecule has 1 amide bonds. The van der Waals surface area contributed by atoms with Gasteiger partial charge >= 0.3 is 0 Å². The number of anilines is 1. The summed E-state index contributed by atoms with van der Waals surface area (Å²) in [6.07, 6.45) is 0. The number of benzene rings is 2. The molecule has 2 aliphatic heterocycles. The number of aromatic nitrogens is 2. The van der Waals surface area contributed by atoms with Gasteiger partial charge in [-0.1, -0.05) is 30.3 Å². The first-order valence-corrected chi connectivity index (χ1v) is 11.6.